The van der Waals surface area contributed by atoms with Gasteiger partial charge in [-0.3, -0.25) is 0 Å². The van der Waals surface area contributed by atoms with E-state index in [4.69, 9.17) is 17.7 Å². The van der Waals surface area contributed by atoms with Crippen LogP contribution in [0.5, 0.6) is 0 Å². The van der Waals surface area contributed by atoms with Gasteiger partial charge in [-0.1, -0.05) is 65.2 Å². The molecule has 0 N–H and O–H groups in total. The minimum Gasteiger partial charge on any atom is -0.325 e. The van der Waals surface area contributed by atoms with Crippen molar-refractivity contribution >= 4 is 9.05 Å². The largest absolute Gasteiger partial charge is 0.687 e. The van der Waals surface area contributed by atoms with Crippen LogP contribution >= 0.6 is 0 Å². The monoisotopic (exact) mass is 316 g/mol. The minimum atomic E-state index is -2.57. The van der Waals surface area contributed by atoms with Crippen molar-refractivity contribution in [2.75, 3.05) is 0 Å². The summed E-state index contributed by atoms with van der Waals surface area (Å²) in [6.45, 7) is 4.47. The topological polar surface area (TPSA) is 36.9 Å². The number of hydrogen-bond acceptors (Lipinski definition) is 4. The molecule has 0 unspecified atom stereocenters. The van der Waals surface area contributed by atoms with Crippen LogP contribution in [-0.2, 0) is 17.7 Å². The molecule has 2 fully saturated rings. The first-order valence-corrected chi connectivity index (χ1v) is 10.6. The molecule has 2 saturated heterocycles. The van der Waals surface area contributed by atoms with Gasteiger partial charge in [-0.2, -0.15) is 0 Å². The molecule has 5 heteroatoms. The highest BCUT2D eigenvalue weighted by Gasteiger charge is 2.67. The average molecular weight is 317 g/mol. The van der Waals surface area contributed by atoms with E-state index in [1.165, 1.54) is 64.2 Å². The molecule has 2 aliphatic heterocycles. The van der Waals surface area contributed by atoms with Crippen LogP contribution < -0.4 is 0 Å². The highest BCUT2D eigenvalue weighted by Crippen LogP contribution is 2.40. The van der Waals surface area contributed by atoms with Gasteiger partial charge in [0.2, 0.25) is 0 Å². The summed E-state index contributed by atoms with van der Waals surface area (Å²) < 4.78 is 22.9. The van der Waals surface area contributed by atoms with Crippen molar-refractivity contribution in [2.24, 2.45) is 0 Å². The average Bonchev–Trinajstić information content (AvgIpc) is 2.40. The zero-order chi connectivity index (χ0) is 15.0. The lowest BCUT2D eigenvalue weighted by Gasteiger charge is -2.50. The summed E-state index contributed by atoms with van der Waals surface area (Å²) >= 11 is 0. The highest BCUT2D eigenvalue weighted by atomic mass is 28.4. The molecular formula is C16H32O4Si. The molecule has 0 amide bonds. The van der Waals surface area contributed by atoms with Gasteiger partial charge in [0.25, 0.3) is 0 Å². The van der Waals surface area contributed by atoms with Crippen LogP contribution in [0.15, 0.2) is 0 Å². The van der Waals surface area contributed by atoms with Gasteiger partial charge in [0, 0.05) is 0 Å². The SMILES string of the molecule is CCCCCCCC1O[Si]2(O1)OC(CCCCCCC)O2. The Morgan fingerprint density at radius 1 is 0.571 bits per heavy atom. The maximum Gasteiger partial charge on any atom is 0.687 e. The quantitative estimate of drug-likeness (QED) is 0.379. The van der Waals surface area contributed by atoms with Crippen LogP contribution in [0, 0.1) is 0 Å². The third-order valence-electron chi connectivity index (χ3n) is 4.19. The molecule has 21 heavy (non-hydrogen) atoms. The van der Waals surface area contributed by atoms with E-state index < -0.39 is 9.05 Å². The smallest absolute Gasteiger partial charge is 0.325 e. The van der Waals surface area contributed by atoms with Crippen LogP contribution in [0.3, 0.4) is 0 Å². The Labute approximate surface area is 131 Å². The Morgan fingerprint density at radius 3 is 1.33 bits per heavy atom. The minimum absolute atomic E-state index is 0.0659. The summed E-state index contributed by atoms with van der Waals surface area (Å²) in [5.41, 5.74) is 0. The molecule has 0 saturated carbocycles. The summed E-state index contributed by atoms with van der Waals surface area (Å²) in [6.07, 6.45) is 14.6. The zero-order valence-corrected chi connectivity index (χ0v) is 14.8. The molecule has 0 radical (unpaired) electrons. The fourth-order valence-corrected chi connectivity index (χ4v) is 4.85. The third kappa shape index (κ3) is 5.64. The number of rotatable bonds is 12. The fourth-order valence-electron chi connectivity index (χ4n) is 2.84. The van der Waals surface area contributed by atoms with E-state index in [1.54, 1.807) is 0 Å². The second-order valence-electron chi connectivity index (χ2n) is 6.24. The van der Waals surface area contributed by atoms with E-state index in [0.717, 1.165) is 12.8 Å². The van der Waals surface area contributed by atoms with E-state index in [0.29, 0.717) is 0 Å². The first-order chi connectivity index (χ1) is 10.3. The molecule has 0 bridgehead atoms. The Hall–Kier alpha value is 0.0569. The Kier molecular flexibility index (Phi) is 7.67. The first kappa shape index (κ1) is 17.4. The van der Waals surface area contributed by atoms with Crippen molar-refractivity contribution in [1.29, 1.82) is 0 Å². The zero-order valence-electron chi connectivity index (χ0n) is 13.8. The Balaban J connectivity index is 1.40. The van der Waals surface area contributed by atoms with Crippen LogP contribution in [0.1, 0.15) is 90.9 Å². The fraction of sp³-hybridized carbons (Fsp3) is 1.00. The molecule has 0 aromatic heterocycles. The van der Waals surface area contributed by atoms with E-state index >= 15 is 0 Å². The Morgan fingerprint density at radius 2 is 0.952 bits per heavy atom. The lowest BCUT2D eigenvalue weighted by Crippen LogP contribution is -2.72. The van der Waals surface area contributed by atoms with Crippen LogP contribution in [0.2, 0.25) is 0 Å². The van der Waals surface area contributed by atoms with Gasteiger partial charge in [0.15, 0.2) is 0 Å². The molecule has 2 aliphatic rings. The molecule has 2 rings (SSSR count). The van der Waals surface area contributed by atoms with Gasteiger partial charge in [-0.05, 0) is 25.7 Å². The molecule has 0 aliphatic carbocycles. The van der Waals surface area contributed by atoms with E-state index in [2.05, 4.69) is 13.8 Å². The molecule has 0 aromatic carbocycles. The summed E-state index contributed by atoms with van der Waals surface area (Å²) in [4.78, 5) is 0. The van der Waals surface area contributed by atoms with Gasteiger partial charge < -0.3 is 17.7 Å². The predicted octanol–water partition coefficient (Wildman–Crippen LogP) is 4.89. The lowest BCUT2D eigenvalue weighted by atomic mass is 10.1. The van der Waals surface area contributed by atoms with E-state index in [-0.39, 0.29) is 12.6 Å². The van der Waals surface area contributed by atoms with Gasteiger partial charge in [-0.15, -0.1) is 0 Å². The second-order valence-corrected chi connectivity index (χ2v) is 8.18. The molecule has 2 heterocycles. The molecular weight excluding hydrogens is 284 g/mol. The van der Waals surface area contributed by atoms with Crippen LogP contribution in [-0.4, -0.2) is 21.6 Å². The first-order valence-electron chi connectivity index (χ1n) is 8.99. The number of unbranched alkanes of at least 4 members (excludes halogenated alkanes) is 8. The van der Waals surface area contributed by atoms with Gasteiger partial charge in [0.1, 0.15) is 12.6 Å². The van der Waals surface area contributed by atoms with Crippen LogP contribution in [0.25, 0.3) is 0 Å². The van der Waals surface area contributed by atoms with E-state index in [9.17, 15) is 0 Å². The highest BCUT2D eigenvalue weighted by molar-refractivity contribution is 6.57. The van der Waals surface area contributed by atoms with Crippen molar-refractivity contribution in [3.05, 3.63) is 0 Å². The van der Waals surface area contributed by atoms with Crippen molar-refractivity contribution < 1.29 is 17.7 Å². The standard InChI is InChI=1S/C16H32O4Si/c1-3-5-7-9-11-13-15-17-21(18-15)19-16(20-21)14-12-10-8-6-4-2/h15-16H,3-14H2,1-2H3. The number of hydrogen-bond donors (Lipinski definition) is 0. The predicted molar refractivity (Wildman–Crippen MR) is 84.4 cm³/mol. The molecule has 0 atom stereocenters. The summed E-state index contributed by atoms with van der Waals surface area (Å²) in [6, 6.07) is 0. The van der Waals surface area contributed by atoms with Crippen molar-refractivity contribution in [2.45, 2.75) is 103 Å². The van der Waals surface area contributed by atoms with Crippen molar-refractivity contribution in [3.8, 4) is 0 Å². The molecule has 124 valence electrons. The maximum absolute atomic E-state index is 5.72. The van der Waals surface area contributed by atoms with Gasteiger partial charge in [0.05, 0.1) is 0 Å². The maximum atomic E-state index is 5.72. The molecule has 1 spiro atoms. The summed E-state index contributed by atoms with van der Waals surface area (Å²) in [7, 11) is -2.57. The second kappa shape index (κ2) is 9.25. The van der Waals surface area contributed by atoms with Gasteiger partial charge >= 0.3 is 9.05 Å². The van der Waals surface area contributed by atoms with Crippen molar-refractivity contribution in [1.82, 2.24) is 0 Å². The summed E-state index contributed by atoms with van der Waals surface area (Å²) in [5, 5.41) is 0. The molecule has 4 nitrogen and oxygen atoms in total. The van der Waals surface area contributed by atoms with Crippen molar-refractivity contribution in [3.63, 3.8) is 0 Å². The normalized spacial score (nSPS) is 31.1. The summed E-state index contributed by atoms with van der Waals surface area (Å²) in [5.74, 6) is 0. The van der Waals surface area contributed by atoms with Crippen LogP contribution in [0.4, 0.5) is 0 Å². The third-order valence-corrected chi connectivity index (χ3v) is 6.40. The molecule has 0 aromatic rings. The Bertz CT molecular complexity index is 244. The lowest BCUT2D eigenvalue weighted by molar-refractivity contribution is -0.326. The van der Waals surface area contributed by atoms with Gasteiger partial charge in [-0.25, -0.2) is 0 Å². The van der Waals surface area contributed by atoms with E-state index in [1.807, 2.05) is 0 Å².